The van der Waals surface area contributed by atoms with Crippen LogP contribution >= 0.6 is 27.3 Å². The second-order valence-corrected chi connectivity index (χ2v) is 9.01. The number of nitrogens with one attached hydrogen (secondary N) is 1. The molecule has 2 aliphatic rings. The van der Waals surface area contributed by atoms with Gasteiger partial charge in [0.2, 0.25) is 0 Å². The molecule has 19 heavy (non-hydrogen) atoms. The third kappa shape index (κ3) is 2.90. The Kier molecular flexibility index (Phi) is 4.01. The lowest BCUT2D eigenvalue weighted by Crippen LogP contribution is -2.42. The molecule has 0 bridgehead atoms. The van der Waals surface area contributed by atoms with Crippen LogP contribution in [0.5, 0.6) is 0 Å². The molecule has 0 aromatic carbocycles. The zero-order valence-corrected chi connectivity index (χ0v) is 13.7. The number of hydrogen-bond donors (Lipinski definition) is 1. The van der Waals surface area contributed by atoms with E-state index in [1.807, 2.05) is 5.38 Å². The van der Waals surface area contributed by atoms with Gasteiger partial charge < -0.3 is 5.32 Å². The molecule has 0 radical (unpaired) electrons. The summed E-state index contributed by atoms with van der Waals surface area (Å²) in [4.78, 5) is 0. The van der Waals surface area contributed by atoms with E-state index in [0.29, 0.717) is 21.3 Å². The molecule has 1 aromatic rings. The predicted molar refractivity (Wildman–Crippen MR) is 80.0 cm³/mol. The van der Waals surface area contributed by atoms with Crippen molar-refractivity contribution in [3.63, 3.8) is 0 Å². The van der Waals surface area contributed by atoms with Gasteiger partial charge in [0.1, 0.15) is 4.21 Å². The van der Waals surface area contributed by atoms with Crippen molar-refractivity contribution in [3.05, 3.63) is 15.9 Å². The van der Waals surface area contributed by atoms with Gasteiger partial charge in [0.25, 0.3) is 10.0 Å². The number of thiophene rings is 1. The molecule has 0 spiro atoms. The van der Waals surface area contributed by atoms with E-state index in [2.05, 4.69) is 21.2 Å². The van der Waals surface area contributed by atoms with E-state index in [0.717, 1.165) is 32.2 Å². The Morgan fingerprint density at radius 1 is 1.42 bits per heavy atom. The molecular weight excluding hydrogens is 348 g/mol. The van der Waals surface area contributed by atoms with Gasteiger partial charge in [-0.05, 0) is 59.6 Å². The minimum Gasteiger partial charge on any atom is -0.313 e. The summed E-state index contributed by atoms with van der Waals surface area (Å²) in [5.41, 5.74) is 0. The van der Waals surface area contributed by atoms with E-state index in [1.165, 1.54) is 11.3 Å². The topological polar surface area (TPSA) is 49.4 Å². The molecule has 3 rings (SSSR count). The number of hydrogen-bond acceptors (Lipinski definition) is 4. The summed E-state index contributed by atoms with van der Waals surface area (Å²) >= 11 is 4.63. The Bertz CT molecular complexity index is 548. The Balaban J connectivity index is 1.84. The van der Waals surface area contributed by atoms with Crippen LogP contribution in [0.3, 0.4) is 0 Å². The number of halogens is 1. The molecule has 1 saturated heterocycles. The minimum atomic E-state index is -3.35. The maximum absolute atomic E-state index is 12.8. The van der Waals surface area contributed by atoms with Crippen LogP contribution < -0.4 is 5.32 Å². The van der Waals surface area contributed by atoms with Crippen LogP contribution in [0.2, 0.25) is 0 Å². The highest BCUT2D eigenvalue weighted by molar-refractivity contribution is 9.10. The average Bonchev–Trinajstić information content (AvgIpc) is 2.88. The smallest absolute Gasteiger partial charge is 0.254 e. The fraction of sp³-hybridized carbons (Fsp3) is 0.667. The second-order valence-electron chi connectivity index (χ2n) is 5.16. The normalized spacial score (nSPS) is 24.2. The van der Waals surface area contributed by atoms with Crippen molar-refractivity contribution in [3.8, 4) is 0 Å². The van der Waals surface area contributed by atoms with Crippen molar-refractivity contribution in [1.82, 2.24) is 9.62 Å². The van der Waals surface area contributed by atoms with Crippen molar-refractivity contribution in [2.24, 2.45) is 0 Å². The molecule has 2 fully saturated rings. The van der Waals surface area contributed by atoms with Crippen LogP contribution in [0, 0.1) is 0 Å². The van der Waals surface area contributed by atoms with E-state index < -0.39 is 10.0 Å². The first-order chi connectivity index (χ1) is 9.09. The highest BCUT2D eigenvalue weighted by Crippen LogP contribution is 2.37. The highest BCUT2D eigenvalue weighted by atomic mass is 79.9. The third-order valence-corrected chi connectivity index (χ3v) is 8.21. The van der Waals surface area contributed by atoms with Crippen molar-refractivity contribution >= 4 is 37.3 Å². The molecule has 1 aromatic heterocycles. The van der Waals surface area contributed by atoms with E-state index in [1.54, 1.807) is 10.4 Å². The van der Waals surface area contributed by atoms with Gasteiger partial charge in [-0.3, -0.25) is 0 Å². The van der Waals surface area contributed by atoms with E-state index >= 15 is 0 Å². The van der Waals surface area contributed by atoms with Gasteiger partial charge >= 0.3 is 0 Å². The van der Waals surface area contributed by atoms with Crippen LogP contribution in [-0.2, 0) is 10.0 Å². The molecule has 1 aliphatic heterocycles. The molecule has 1 N–H and O–H groups in total. The quantitative estimate of drug-likeness (QED) is 0.872. The molecule has 4 nitrogen and oxygen atoms in total. The molecule has 1 atom stereocenters. The minimum absolute atomic E-state index is 0.210. The van der Waals surface area contributed by atoms with Crippen LogP contribution in [0.15, 0.2) is 20.1 Å². The molecule has 106 valence electrons. The zero-order valence-electron chi connectivity index (χ0n) is 10.5. The van der Waals surface area contributed by atoms with Crippen molar-refractivity contribution in [1.29, 1.82) is 0 Å². The summed E-state index contributed by atoms with van der Waals surface area (Å²) in [5, 5.41) is 5.20. The number of sulfonamides is 1. The monoisotopic (exact) mass is 364 g/mol. The lowest BCUT2D eigenvalue weighted by Gasteiger charge is -2.24. The molecule has 1 saturated carbocycles. The van der Waals surface area contributed by atoms with E-state index in [4.69, 9.17) is 0 Å². The van der Waals surface area contributed by atoms with Gasteiger partial charge in [-0.2, -0.15) is 4.31 Å². The second kappa shape index (κ2) is 5.44. The van der Waals surface area contributed by atoms with Gasteiger partial charge in [-0.25, -0.2) is 8.42 Å². The molecular formula is C12H17BrN2O2S2. The van der Waals surface area contributed by atoms with Crippen LogP contribution in [0.1, 0.15) is 25.7 Å². The SMILES string of the molecule is O=S(=O)(c1sccc1Br)N(CC1CCCN1)C1CC1. The Labute approximate surface area is 126 Å². The van der Waals surface area contributed by atoms with Crippen LogP contribution in [0.25, 0.3) is 0 Å². The average molecular weight is 365 g/mol. The van der Waals surface area contributed by atoms with Crippen LogP contribution in [-0.4, -0.2) is 37.9 Å². The van der Waals surface area contributed by atoms with E-state index in [9.17, 15) is 8.42 Å². The van der Waals surface area contributed by atoms with Gasteiger partial charge in [-0.1, -0.05) is 0 Å². The summed E-state index contributed by atoms with van der Waals surface area (Å²) in [6, 6.07) is 2.33. The van der Waals surface area contributed by atoms with E-state index in [-0.39, 0.29) is 6.04 Å². The first-order valence-corrected chi connectivity index (χ1v) is 9.68. The van der Waals surface area contributed by atoms with Gasteiger partial charge in [0.15, 0.2) is 0 Å². The Morgan fingerprint density at radius 2 is 2.21 bits per heavy atom. The lowest BCUT2D eigenvalue weighted by atomic mass is 10.2. The zero-order chi connectivity index (χ0) is 13.5. The largest absolute Gasteiger partial charge is 0.313 e. The molecule has 1 unspecified atom stereocenters. The highest BCUT2D eigenvalue weighted by Gasteiger charge is 2.40. The van der Waals surface area contributed by atoms with Crippen molar-refractivity contribution in [2.45, 2.75) is 42.0 Å². The molecule has 2 heterocycles. The molecule has 1 aliphatic carbocycles. The summed E-state index contributed by atoms with van der Waals surface area (Å²) in [5.74, 6) is 0. The first-order valence-electron chi connectivity index (χ1n) is 6.57. The van der Waals surface area contributed by atoms with Gasteiger partial charge in [-0.15, -0.1) is 11.3 Å². The van der Waals surface area contributed by atoms with Crippen molar-refractivity contribution < 1.29 is 8.42 Å². The summed E-state index contributed by atoms with van der Waals surface area (Å²) in [6.07, 6.45) is 4.21. The lowest BCUT2D eigenvalue weighted by molar-refractivity contribution is 0.363. The maximum atomic E-state index is 12.8. The summed E-state index contributed by atoms with van der Waals surface area (Å²) in [6.45, 7) is 1.61. The fourth-order valence-corrected chi connectivity index (χ4v) is 6.66. The predicted octanol–water partition coefficient (Wildman–Crippen LogP) is 2.42. The Hall–Kier alpha value is 0.0500. The maximum Gasteiger partial charge on any atom is 0.254 e. The van der Waals surface area contributed by atoms with Crippen LogP contribution in [0.4, 0.5) is 0 Å². The standard InChI is InChI=1S/C12H17BrN2O2S2/c13-11-5-7-18-12(11)19(16,17)15(10-3-4-10)8-9-2-1-6-14-9/h5,7,9-10,14H,1-4,6,8H2. The van der Waals surface area contributed by atoms with Gasteiger partial charge in [0, 0.05) is 23.1 Å². The third-order valence-electron chi connectivity index (χ3n) is 3.64. The van der Waals surface area contributed by atoms with Gasteiger partial charge in [0.05, 0.1) is 0 Å². The molecule has 7 heteroatoms. The fourth-order valence-electron chi connectivity index (χ4n) is 2.51. The summed E-state index contributed by atoms with van der Waals surface area (Å²) in [7, 11) is -3.35. The molecule has 0 amide bonds. The summed E-state index contributed by atoms with van der Waals surface area (Å²) < 4.78 is 28.4. The van der Waals surface area contributed by atoms with Crippen molar-refractivity contribution in [2.75, 3.05) is 13.1 Å². The number of rotatable bonds is 5. The first kappa shape index (κ1) is 14.0. The Morgan fingerprint density at radius 3 is 2.74 bits per heavy atom. The number of nitrogens with zero attached hydrogens (tertiary/aromatic N) is 1.